The summed E-state index contributed by atoms with van der Waals surface area (Å²) in [4.78, 5) is 36.0. The van der Waals surface area contributed by atoms with E-state index in [0.717, 1.165) is 11.1 Å². The fourth-order valence-corrected chi connectivity index (χ4v) is 2.92. The van der Waals surface area contributed by atoms with Gasteiger partial charge in [-0.1, -0.05) is 36.4 Å². The van der Waals surface area contributed by atoms with Gasteiger partial charge >= 0.3 is 11.8 Å². The monoisotopic (exact) mass is 444 g/mol. The van der Waals surface area contributed by atoms with Gasteiger partial charge in [-0.15, -0.1) is 0 Å². The van der Waals surface area contributed by atoms with Crippen LogP contribution in [0.2, 0.25) is 0 Å². The number of hydrogen-bond donors (Lipinski definition) is 3. The number of nitrogens with zero attached hydrogens (tertiary/aromatic N) is 1. The summed E-state index contributed by atoms with van der Waals surface area (Å²) in [7, 11) is 0. The predicted octanol–water partition coefficient (Wildman–Crippen LogP) is 3.41. The maximum absolute atomic E-state index is 12.1. The molecule has 0 aliphatic carbocycles. The third-order valence-electron chi connectivity index (χ3n) is 4.61. The van der Waals surface area contributed by atoms with E-state index in [2.05, 4.69) is 21.2 Å². The molecular weight excluding hydrogens is 420 g/mol. The molecule has 0 radical (unpaired) electrons. The lowest BCUT2D eigenvalue weighted by atomic mass is 10.1. The van der Waals surface area contributed by atoms with Gasteiger partial charge in [-0.05, 0) is 66.9 Å². The number of anilines is 2. The molecule has 168 valence electrons. The largest absolute Gasteiger partial charge is 0.484 e. The molecule has 3 N–H and O–H groups in total. The first-order valence-electron chi connectivity index (χ1n) is 10.2. The van der Waals surface area contributed by atoms with Crippen molar-refractivity contribution >= 4 is 35.3 Å². The summed E-state index contributed by atoms with van der Waals surface area (Å²) >= 11 is 0. The molecular formula is C25H24N4O4. The lowest BCUT2D eigenvalue weighted by molar-refractivity contribution is -0.136. The highest BCUT2D eigenvalue weighted by molar-refractivity contribution is 6.39. The van der Waals surface area contributed by atoms with E-state index in [4.69, 9.17) is 4.74 Å². The minimum absolute atomic E-state index is 0.131. The molecule has 0 aromatic heterocycles. The average molecular weight is 444 g/mol. The summed E-state index contributed by atoms with van der Waals surface area (Å²) in [6.07, 6.45) is 1.40. The molecule has 3 amide bonds. The lowest BCUT2D eigenvalue weighted by Crippen LogP contribution is -2.32. The first kappa shape index (κ1) is 23.2. The van der Waals surface area contributed by atoms with E-state index in [0.29, 0.717) is 22.7 Å². The van der Waals surface area contributed by atoms with Gasteiger partial charge in [0.15, 0.2) is 6.61 Å². The third kappa shape index (κ3) is 7.03. The molecule has 8 heteroatoms. The smallest absolute Gasteiger partial charge is 0.329 e. The molecule has 3 rings (SSSR count). The number of carbonyl (C=O) groups excluding carboxylic acids is 3. The summed E-state index contributed by atoms with van der Waals surface area (Å²) in [5, 5.41) is 9.14. The first-order chi connectivity index (χ1) is 15.9. The standard InChI is InChI=1S/C25H24N4O4/c1-17-7-6-8-18(2)23(17)28-24(31)25(32)29-26-15-19-11-13-21(14-12-19)33-16-22(30)27-20-9-4-3-5-10-20/h3-15H,16H2,1-2H3,(H,27,30)(H,28,31)(H,29,32)/b26-15-. The number of benzene rings is 3. The Kier molecular flexibility index (Phi) is 7.91. The fourth-order valence-electron chi connectivity index (χ4n) is 2.92. The molecule has 0 aliphatic heterocycles. The minimum Gasteiger partial charge on any atom is -0.484 e. The van der Waals surface area contributed by atoms with E-state index in [1.54, 1.807) is 36.4 Å². The second-order valence-electron chi connectivity index (χ2n) is 7.19. The number of nitrogens with one attached hydrogen (secondary N) is 3. The van der Waals surface area contributed by atoms with Crippen LogP contribution in [0.25, 0.3) is 0 Å². The highest BCUT2D eigenvalue weighted by Crippen LogP contribution is 2.19. The van der Waals surface area contributed by atoms with Gasteiger partial charge in [-0.2, -0.15) is 5.10 Å². The van der Waals surface area contributed by atoms with Gasteiger partial charge in [0.05, 0.1) is 6.21 Å². The van der Waals surface area contributed by atoms with Crippen LogP contribution in [0.5, 0.6) is 5.75 Å². The topological polar surface area (TPSA) is 109 Å². The molecule has 3 aromatic rings. The van der Waals surface area contributed by atoms with Gasteiger partial charge in [-0.3, -0.25) is 14.4 Å². The predicted molar refractivity (Wildman–Crippen MR) is 127 cm³/mol. The maximum Gasteiger partial charge on any atom is 0.329 e. The highest BCUT2D eigenvalue weighted by Gasteiger charge is 2.15. The van der Waals surface area contributed by atoms with Gasteiger partial charge in [-0.25, -0.2) is 5.43 Å². The van der Waals surface area contributed by atoms with Crippen molar-refractivity contribution in [2.45, 2.75) is 13.8 Å². The van der Waals surface area contributed by atoms with Crippen molar-refractivity contribution in [2.75, 3.05) is 17.2 Å². The van der Waals surface area contributed by atoms with Crippen LogP contribution in [0.1, 0.15) is 16.7 Å². The molecule has 8 nitrogen and oxygen atoms in total. The van der Waals surface area contributed by atoms with Crippen LogP contribution in [0, 0.1) is 13.8 Å². The van der Waals surface area contributed by atoms with Crippen molar-refractivity contribution in [2.24, 2.45) is 5.10 Å². The Morgan fingerprint density at radius 2 is 1.48 bits per heavy atom. The van der Waals surface area contributed by atoms with Crippen molar-refractivity contribution in [3.63, 3.8) is 0 Å². The number of ether oxygens (including phenoxy) is 1. The zero-order chi connectivity index (χ0) is 23.6. The Morgan fingerprint density at radius 3 is 2.15 bits per heavy atom. The second-order valence-corrected chi connectivity index (χ2v) is 7.19. The number of para-hydroxylation sites is 2. The summed E-state index contributed by atoms with van der Waals surface area (Å²) in [6, 6.07) is 21.4. The molecule has 0 spiro atoms. The van der Waals surface area contributed by atoms with E-state index >= 15 is 0 Å². The molecule has 0 aliphatic rings. The van der Waals surface area contributed by atoms with Crippen LogP contribution < -0.4 is 20.8 Å². The van der Waals surface area contributed by atoms with Gasteiger partial charge < -0.3 is 15.4 Å². The van der Waals surface area contributed by atoms with Crippen LogP contribution in [0.4, 0.5) is 11.4 Å². The Balaban J connectivity index is 1.45. The van der Waals surface area contributed by atoms with Gasteiger partial charge in [0.25, 0.3) is 5.91 Å². The van der Waals surface area contributed by atoms with Crippen molar-refractivity contribution in [3.05, 3.63) is 89.5 Å². The van der Waals surface area contributed by atoms with Crippen LogP contribution in [-0.4, -0.2) is 30.5 Å². The first-order valence-corrected chi connectivity index (χ1v) is 10.2. The molecule has 33 heavy (non-hydrogen) atoms. The number of hydrogen-bond acceptors (Lipinski definition) is 5. The summed E-state index contributed by atoms with van der Waals surface area (Å²) in [5.41, 5.74) is 5.90. The Hall–Kier alpha value is -4.46. The van der Waals surface area contributed by atoms with Crippen LogP contribution >= 0.6 is 0 Å². The molecule has 3 aromatic carbocycles. The van der Waals surface area contributed by atoms with E-state index in [-0.39, 0.29) is 12.5 Å². The summed E-state index contributed by atoms with van der Waals surface area (Å²) in [5.74, 6) is -1.44. The SMILES string of the molecule is Cc1cccc(C)c1NC(=O)C(=O)N/N=C\c1ccc(OCC(=O)Nc2ccccc2)cc1. The molecule has 0 bridgehead atoms. The molecule has 0 fully saturated rings. The van der Waals surface area contributed by atoms with Gasteiger partial charge in [0.2, 0.25) is 0 Å². The Labute approximate surface area is 191 Å². The number of rotatable bonds is 7. The molecule has 0 heterocycles. The average Bonchev–Trinajstić information content (AvgIpc) is 2.81. The van der Waals surface area contributed by atoms with Crippen LogP contribution in [0.15, 0.2) is 77.9 Å². The fraction of sp³-hybridized carbons (Fsp3) is 0.120. The second kappa shape index (κ2) is 11.2. The minimum atomic E-state index is -0.877. The van der Waals surface area contributed by atoms with Crippen LogP contribution in [0.3, 0.4) is 0 Å². The lowest BCUT2D eigenvalue weighted by Gasteiger charge is -2.10. The van der Waals surface area contributed by atoms with E-state index in [1.165, 1.54) is 6.21 Å². The van der Waals surface area contributed by atoms with Crippen LogP contribution in [-0.2, 0) is 14.4 Å². The normalized spacial score (nSPS) is 10.5. The number of amides is 3. The van der Waals surface area contributed by atoms with Crippen molar-refractivity contribution in [1.82, 2.24) is 5.43 Å². The highest BCUT2D eigenvalue weighted by atomic mass is 16.5. The van der Waals surface area contributed by atoms with E-state index in [9.17, 15) is 14.4 Å². The van der Waals surface area contributed by atoms with E-state index < -0.39 is 11.8 Å². The Morgan fingerprint density at radius 1 is 0.818 bits per heavy atom. The number of hydrazone groups is 1. The summed E-state index contributed by atoms with van der Waals surface area (Å²) in [6.45, 7) is 3.57. The van der Waals surface area contributed by atoms with Gasteiger partial charge in [0.1, 0.15) is 5.75 Å². The quantitative estimate of drug-likeness (QED) is 0.295. The summed E-state index contributed by atoms with van der Waals surface area (Å²) < 4.78 is 5.47. The van der Waals surface area contributed by atoms with E-state index in [1.807, 2.05) is 50.2 Å². The number of carbonyl (C=O) groups is 3. The van der Waals surface area contributed by atoms with Crippen molar-refractivity contribution < 1.29 is 19.1 Å². The zero-order valence-electron chi connectivity index (χ0n) is 18.3. The van der Waals surface area contributed by atoms with Crippen molar-refractivity contribution in [3.8, 4) is 5.75 Å². The molecule has 0 unspecified atom stereocenters. The zero-order valence-corrected chi connectivity index (χ0v) is 18.3. The number of aryl methyl sites for hydroxylation is 2. The Bertz CT molecular complexity index is 1140. The molecule has 0 atom stereocenters. The maximum atomic E-state index is 12.1. The third-order valence-corrected chi connectivity index (χ3v) is 4.61. The molecule has 0 saturated carbocycles. The molecule has 0 saturated heterocycles. The van der Waals surface area contributed by atoms with Gasteiger partial charge in [0, 0.05) is 11.4 Å². The van der Waals surface area contributed by atoms with Crippen molar-refractivity contribution in [1.29, 1.82) is 0 Å².